The summed E-state index contributed by atoms with van der Waals surface area (Å²) in [6, 6.07) is 11.2. The summed E-state index contributed by atoms with van der Waals surface area (Å²) in [5.41, 5.74) is 12.1. The summed E-state index contributed by atoms with van der Waals surface area (Å²) in [5, 5.41) is 2.36. The molecule has 3 amide bonds. The fourth-order valence-corrected chi connectivity index (χ4v) is 4.90. The molecule has 0 bridgehead atoms. The van der Waals surface area contributed by atoms with Crippen LogP contribution in [0.2, 0.25) is 0 Å². The summed E-state index contributed by atoms with van der Waals surface area (Å²) >= 11 is 0. The van der Waals surface area contributed by atoms with Crippen LogP contribution in [-0.4, -0.2) is 35.2 Å². The Morgan fingerprint density at radius 1 is 1.03 bits per heavy atom. The van der Waals surface area contributed by atoms with Gasteiger partial charge in [0.2, 0.25) is 11.8 Å². The molecule has 154 valence electrons. The third kappa shape index (κ3) is 3.01. The molecule has 3 heterocycles. The predicted octanol–water partition coefficient (Wildman–Crippen LogP) is 1.98. The van der Waals surface area contributed by atoms with Crippen LogP contribution in [0.15, 0.2) is 36.4 Å². The fraction of sp³-hybridized carbons (Fsp3) is 0.348. The molecule has 3 aliphatic rings. The molecule has 5 rings (SSSR count). The number of fused-ring (bicyclic) bond motifs is 2. The lowest BCUT2D eigenvalue weighted by Gasteiger charge is -2.32. The van der Waals surface area contributed by atoms with E-state index in [2.05, 4.69) is 22.3 Å². The normalized spacial score (nSPS) is 20.8. The van der Waals surface area contributed by atoms with Crippen LogP contribution in [0.4, 0.5) is 11.4 Å². The van der Waals surface area contributed by atoms with Gasteiger partial charge < -0.3 is 15.5 Å². The summed E-state index contributed by atoms with van der Waals surface area (Å²) in [7, 11) is 0. The van der Waals surface area contributed by atoms with E-state index >= 15 is 0 Å². The third-order valence-electron chi connectivity index (χ3n) is 6.42. The number of hydrogen-bond donors (Lipinski definition) is 2. The smallest absolute Gasteiger partial charge is 0.255 e. The number of benzene rings is 2. The molecule has 2 aromatic carbocycles. The van der Waals surface area contributed by atoms with E-state index in [1.54, 1.807) is 4.90 Å². The van der Waals surface area contributed by atoms with Crippen LogP contribution >= 0.6 is 0 Å². The lowest BCUT2D eigenvalue weighted by molar-refractivity contribution is -0.136. The van der Waals surface area contributed by atoms with Gasteiger partial charge in [0.15, 0.2) is 0 Å². The van der Waals surface area contributed by atoms with Gasteiger partial charge in [-0.05, 0) is 54.2 Å². The van der Waals surface area contributed by atoms with Gasteiger partial charge in [0, 0.05) is 43.0 Å². The van der Waals surface area contributed by atoms with Crippen LogP contribution in [0.5, 0.6) is 0 Å². The first kappa shape index (κ1) is 18.7. The maximum atomic E-state index is 13.0. The average molecular weight is 404 g/mol. The molecule has 0 aromatic heterocycles. The second-order valence-electron chi connectivity index (χ2n) is 8.21. The van der Waals surface area contributed by atoms with Crippen LogP contribution in [0.1, 0.15) is 46.3 Å². The van der Waals surface area contributed by atoms with E-state index < -0.39 is 6.04 Å². The molecule has 7 heteroatoms. The Balaban J connectivity index is 1.43. The Hall–Kier alpha value is -3.35. The fourth-order valence-electron chi connectivity index (χ4n) is 4.90. The number of nitrogens with zero attached hydrogens (tertiary/aromatic N) is 2. The Morgan fingerprint density at radius 3 is 2.70 bits per heavy atom. The van der Waals surface area contributed by atoms with Crippen molar-refractivity contribution >= 4 is 29.1 Å². The number of nitrogens with two attached hydrogens (primary N) is 1. The third-order valence-corrected chi connectivity index (χ3v) is 6.42. The monoisotopic (exact) mass is 404 g/mol. The minimum atomic E-state index is -0.592. The van der Waals surface area contributed by atoms with Crippen molar-refractivity contribution in [3.63, 3.8) is 0 Å². The topological polar surface area (TPSA) is 95.7 Å². The standard InChI is InChI=1S/C23H24N4O3/c24-18-7-2-8-19-16(18)6-3-11-26(19)12-14-4-1-5-15-17(14)13-27(23(15)30)20-9-10-21(28)25-22(20)29/h1-2,4-5,7-8,20H,3,6,9-13,24H2,(H,25,28,29). The zero-order valence-electron chi connectivity index (χ0n) is 16.7. The van der Waals surface area contributed by atoms with Crippen LogP contribution in [0.3, 0.4) is 0 Å². The molecule has 3 aliphatic heterocycles. The lowest BCUT2D eigenvalue weighted by Crippen LogP contribution is -2.52. The molecule has 1 saturated heterocycles. The van der Waals surface area contributed by atoms with Gasteiger partial charge in [0.25, 0.3) is 5.91 Å². The highest BCUT2D eigenvalue weighted by molar-refractivity contribution is 6.05. The number of carbonyl (C=O) groups is 3. The van der Waals surface area contributed by atoms with Crippen molar-refractivity contribution in [2.24, 2.45) is 0 Å². The number of anilines is 2. The minimum Gasteiger partial charge on any atom is -0.398 e. The Bertz CT molecular complexity index is 1060. The number of nitrogens with one attached hydrogen (secondary N) is 1. The van der Waals surface area contributed by atoms with Gasteiger partial charge in [-0.3, -0.25) is 19.7 Å². The SMILES string of the molecule is Nc1cccc2c1CCCN2Cc1cccc2c1CN(C1CCC(=O)NC1=O)C2=O. The number of nitrogen functional groups attached to an aromatic ring is 1. The van der Waals surface area contributed by atoms with E-state index in [1.807, 2.05) is 24.3 Å². The van der Waals surface area contributed by atoms with Crippen LogP contribution in [-0.2, 0) is 29.1 Å². The van der Waals surface area contributed by atoms with Crippen molar-refractivity contribution < 1.29 is 14.4 Å². The predicted molar refractivity (Wildman–Crippen MR) is 113 cm³/mol. The van der Waals surface area contributed by atoms with Gasteiger partial charge >= 0.3 is 0 Å². The van der Waals surface area contributed by atoms with Gasteiger partial charge in [0.1, 0.15) is 6.04 Å². The number of rotatable bonds is 3. The first-order valence-electron chi connectivity index (χ1n) is 10.4. The van der Waals surface area contributed by atoms with Crippen molar-refractivity contribution in [2.75, 3.05) is 17.2 Å². The quantitative estimate of drug-likeness (QED) is 0.603. The molecule has 1 atom stereocenters. The van der Waals surface area contributed by atoms with Crippen molar-refractivity contribution in [1.29, 1.82) is 0 Å². The van der Waals surface area contributed by atoms with Crippen molar-refractivity contribution in [2.45, 2.75) is 44.8 Å². The number of amides is 3. The molecule has 1 fully saturated rings. The van der Waals surface area contributed by atoms with Crippen molar-refractivity contribution in [3.05, 3.63) is 58.7 Å². The van der Waals surface area contributed by atoms with Crippen LogP contribution < -0.4 is 16.0 Å². The molecular weight excluding hydrogens is 380 g/mol. The molecule has 1 unspecified atom stereocenters. The number of carbonyl (C=O) groups excluding carboxylic acids is 3. The molecular formula is C23H24N4O3. The highest BCUT2D eigenvalue weighted by atomic mass is 16.2. The van der Waals surface area contributed by atoms with E-state index in [1.165, 1.54) is 5.56 Å². The second kappa shape index (κ2) is 7.16. The molecule has 7 nitrogen and oxygen atoms in total. The van der Waals surface area contributed by atoms with E-state index in [4.69, 9.17) is 5.73 Å². The number of imide groups is 1. The van der Waals surface area contributed by atoms with Gasteiger partial charge in [0.05, 0.1) is 0 Å². The van der Waals surface area contributed by atoms with Gasteiger partial charge in [-0.15, -0.1) is 0 Å². The molecule has 0 spiro atoms. The molecule has 0 radical (unpaired) electrons. The Morgan fingerprint density at radius 2 is 1.87 bits per heavy atom. The van der Waals surface area contributed by atoms with E-state index in [9.17, 15) is 14.4 Å². The minimum absolute atomic E-state index is 0.135. The highest BCUT2D eigenvalue weighted by Gasteiger charge is 2.39. The van der Waals surface area contributed by atoms with Gasteiger partial charge in [-0.25, -0.2) is 0 Å². The summed E-state index contributed by atoms with van der Waals surface area (Å²) < 4.78 is 0. The molecule has 2 aromatic rings. The summed E-state index contributed by atoms with van der Waals surface area (Å²) in [6.07, 6.45) is 2.65. The molecule has 30 heavy (non-hydrogen) atoms. The first-order chi connectivity index (χ1) is 14.5. The highest BCUT2D eigenvalue weighted by Crippen LogP contribution is 2.35. The molecule has 0 aliphatic carbocycles. The molecule has 3 N–H and O–H groups in total. The number of piperidine rings is 1. The van der Waals surface area contributed by atoms with Crippen LogP contribution in [0, 0.1) is 0 Å². The lowest BCUT2D eigenvalue weighted by atomic mass is 9.97. The maximum absolute atomic E-state index is 13.0. The average Bonchev–Trinajstić information content (AvgIpc) is 3.06. The Kier molecular flexibility index (Phi) is 4.46. The molecule has 0 saturated carbocycles. The van der Waals surface area contributed by atoms with E-state index in [0.29, 0.717) is 25.1 Å². The Labute approximate surface area is 174 Å². The summed E-state index contributed by atoms with van der Waals surface area (Å²) in [5.74, 6) is -0.789. The first-order valence-corrected chi connectivity index (χ1v) is 10.4. The van der Waals surface area contributed by atoms with Crippen molar-refractivity contribution in [3.8, 4) is 0 Å². The zero-order valence-corrected chi connectivity index (χ0v) is 16.7. The van der Waals surface area contributed by atoms with E-state index in [0.717, 1.165) is 41.9 Å². The van der Waals surface area contributed by atoms with Gasteiger partial charge in [-0.1, -0.05) is 18.2 Å². The van der Waals surface area contributed by atoms with Crippen LogP contribution in [0.25, 0.3) is 0 Å². The summed E-state index contributed by atoms with van der Waals surface area (Å²) in [6.45, 7) is 2.02. The largest absolute Gasteiger partial charge is 0.398 e. The second-order valence-corrected chi connectivity index (χ2v) is 8.21. The maximum Gasteiger partial charge on any atom is 0.255 e. The van der Waals surface area contributed by atoms with E-state index in [-0.39, 0.29) is 24.1 Å². The summed E-state index contributed by atoms with van der Waals surface area (Å²) in [4.78, 5) is 40.8. The van der Waals surface area contributed by atoms with Crippen molar-refractivity contribution in [1.82, 2.24) is 10.2 Å². The number of hydrogen-bond acceptors (Lipinski definition) is 5. The zero-order chi connectivity index (χ0) is 20.8. The van der Waals surface area contributed by atoms with Gasteiger partial charge in [-0.2, -0.15) is 0 Å².